The van der Waals surface area contributed by atoms with E-state index in [1.165, 1.54) is 16.7 Å². The molecule has 0 N–H and O–H groups in total. The van der Waals surface area contributed by atoms with Crippen molar-refractivity contribution in [2.75, 3.05) is 13.1 Å². The summed E-state index contributed by atoms with van der Waals surface area (Å²) in [5, 5.41) is 0. The Kier molecular flexibility index (Phi) is 3.63. The van der Waals surface area contributed by atoms with Crippen molar-refractivity contribution in [1.29, 1.82) is 0 Å². The second kappa shape index (κ2) is 5.01. The van der Waals surface area contributed by atoms with Crippen molar-refractivity contribution in [2.45, 2.75) is 33.7 Å². The Morgan fingerprint density at radius 2 is 2.06 bits per heavy atom. The van der Waals surface area contributed by atoms with Crippen LogP contribution in [0.5, 0.6) is 0 Å². The Morgan fingerprint density at radius 3 is 2.71 bits per heavy atom. The molecule has 1 aliphatic rings. The van der Waals surface area contributed by atoms with Gasteiger partial charge in [0.05, 0.1) is 0 Å². The van der Waals surface area contributed by atoms with Crippen molar-refractivity contribution in [3.63, 3.8) is 0 Å². The second-order valence-electron chi connectivity index (χ2n) is 5.27. The number of benzene rings is 1. The molecule has 0 saturated carbocycles. The van der Waals surface area contributed by atoms with Crippen LogP contribution in [0.3, 0.4) is 0 Å². The Labute approximate surface area is 104 Å². The lowest BCUT2D eigenvalue weighted by Gasteiger charge is -2.30. The number of piperidine rings is 1. The van der Waals surface area contributed by atoms with Gasteiger partial charge in [0.15, 0.2) is 0 Å². The maximum absolute atomic E-state index is 11.5. The third-order valence-electron chi connectivity index (χ3n) is 3.73. The molecule has 0 aliphatic carbocycles. The van der Waals surface area contributed by atoms with Gasteiger partial charge >= 0.3 is 0 Å². The van der Waals surface area contributed by atoms with Gasteiger partial charge in [0.2, 0.25) is 0 Å². The largest absolute Gasteiger partial charge is 0.299 e. The Bertz CT molecular complexity index is 425. The van der Waals surface area contributed by atoms with Crippen molar-refractivity contribution < 1.29 is 4.79 Å². The summed E-state index contributed by atoms with van der Waals surface area (Å²) in [4.78, 5) is 13.8. The van der Waals surface area contributed by atoms with Crippen LogP contribution in [0.15, 0.2) is 18.2 Å². The molecule has 1 aromatic carbocycles. The molecule has 2 heteroatoms. The van der Waals surface area contributed by atoms with Crippen molar-refractivity contribution in [3.8, 4) is 0 Å². The minimum atomic E-state index is 0.204. The molecular weight excluding hydrogens is 210 g/mol. The fraction of sp³-hybridized carbons (Fsp3) is 0.533. The van der Waals surface area contributed by atoms with E-state index in [1.54, 1.807) is 0 Å². The topological polar surface area (TPSA) is 20.3 Å². The van der Waals surface area contributed by atoms with Crippen molar-refractivity contribution >= 4 is 5.78 Å². The number of carbonyl (C=O) groups is 1. The van der Waals surface area contributed by atoms with Gasteiger partial charge in [-0.3, -0.25) is 9.69 Å². The number of Topliss-reactive ketones (excluding diaryl/α,β-unsaturated/α-hetero) is 1. The second-order valence-corrected chi connectivity index (χ2v) is 5.27. The molecule has 1 atom stereocenters. The van der Waals surface area contributed by atoms with E-state index in [2.05, 4.69) is 36.9 Å². The summed E-state index contributed by atoms with van der Waals surface area (Å²) in [5.41, 5.74) is 4.05. The molecule has 1 unspecified atom stereocenters. The van der Waals surface area contributed by atoms with E-state index in [4.69, 9.17) is 0 Å². The zero-order chi connectivity index (χ0) is 12.4. The molecule has 2 rings (SSSR count). The molecule has 2 nitrogen and oxygen atoms in total. The van der Waals surface area contributed by atoms with Crippen LogP contribution in [0.4, 0.5) is 0 Å². The van der Waals surface area contributed by atoms with Gasteiger partial charge in [-0.2, -0.15) is 0 Å². The van der Waals surface area contributed by atoms with Crippen LogP contribution in [0.25, 0.3) is 0 Å². The van der Waals surface area contributed by atoms with Crippen LogP contribution >= 0.6 is 0 Å². The highest BCUT2D eigenvalue weighted by molar-refractivity contribution is 5.81. The van der Waals surface area contributed by atoms with Gasteiger partial charge in [0.1, 0.15) is 5.78 Å². The molecule has 1 fully saturated rings. The van der Waals surface area contributed by atoms with E-state index >= 15 is 0 Å². The van der Waals surface area contributed by atoms with E-state index in [0.29, 0.717) is 12.2 Å². The molecule has 1 aromatic rings. The van der Waals surface area contributed by atoms with E-state index in [9.17, 15) is 4.79 Å². The lowest BCUT2D eigenvalue weighted by atomic mass is 9.98. The highest BCUT2D eigenvalue weighted by Crippen LogP contribution is 2.17. The maximum atomic E-state index is 11.5. The third kappa shape index (κ3) is 2.95. The third-order valence-corrected chi connectivity index (χ3v) is 3.73. The molecule has 0 aromatic heterocycles. The molecule has 17 heavy (non-hydrogen) atoms. The molecule has 0 bridgehead atoms. The first kappa shape index (κ1) is 12.3. The summed E-state index contributed by atoms with van der Waals surface area (Å²) in [5.74, 6) is 0.622. The van der Waals surface area contributed by atoms with Crippen molar-refractivity contribution in [3.05, 3.63) is 34.9 Å². The lowest BCUT2D eigenvalue weighted by molar-refractivity contribution is -0.125. The minimum absolute atomic E-state index is 0.204. The maximum Gasteiger partial charge on any atom is 0.138 e. The summed E-state index contributed by atoms with van der Waals surface area (Å²) >= 11 is 0. The first-order chi connectivity index (χ1) is 8.06. The average molecular weight is 231 g/mol. The van der Waals surface area contributed by atoms with Crippen LogP contribution < -0.4 is 0 Å². The standard InChI is InChI=1S/C15H21NO/c1-11-4-5-14(8-12(11)2)10-16-7-6-15(17)13(3)9-16/h4-5,8,13H,6-7,9-10H2,1-3H3. The highest BCUT2D eigenvalue weighted by Gasteiger charge is 2.23. The monoisotopic (exact) mass is 231 g/mol. The summed E-state index contributed by atoms with van der Waals surface area (Å²) < 4.78 is 0. The van der Waals surface area contributed by atoms with Gasteiger partial charge in [0.25, 0.3) is 0 Å². The zero-order valence-electron chi connectivity index (χ0n) is 11.0. The summed E-state index contributed by atoms with van der Waals surface area (Å²) in [6.07, 6.45) is 0.714. The SMILES string of the molecule is Cc1ccc(CN2CCC(=O)C(C)C2)cc1C. The fourth-order valence-corrected chi connectivity index (χ4v) is 2.40. The number of aryl methyl sites for hydroxylation is 2. The van der Waals surface area contributed by atoms with Gasteiger partial charge in [-0.15, -0.1) is 0 Å². The number of ketones is 1. The van der Waals surface area contributed by atoms with Gasteiger partial charge in [0, 0.05) is 32.0 Å². The number of hydrogen-bond donors (Lipinski definition) is 0. The van der Waals surface area contributed by atoms with Crippen LogP contribution in [-0.2, 0) is 11.3 Å². The molecule has 1 aliphatic heterocycles. The van der Waals surface area contributed by atoms with E-state index in [-0.39, 0.29) is 5.92 Å². The van der Waals surface area contributed by atoms with Crippen LogP contribution in [0.1, 0.15) is 30.0 Å². The average Bonchev–Trinajstić information content (AvgIpc) is 2.29. The molecule has 1 saturated heterocycles. The van der Waals surface area contributed by atoms with Crippen LogP contribution in [0, 0.1) is 19.8 Å². The van der Waals surface area contributed by atoms with Crippen LogP contribution in [0.2, 0.25) is 0 Å². The number of carbonyl (C=O) groups excluding carboxylic acids is 1. The predicted molar refractivity (Wildman–Crippen MR) is 70.0 cm³/mol. The number of rotatable bonds is 2. The molecule has 92 valence electrons. The Balaban J connectivity index is 2.01. The first-order valence-corrected chi connectivity index (χ1v) is 6.37. The molecular formula is C15H21NO. The summed E-state index contributed by atoms with van der Waals surface area (Å²) in [6, 6.07) is 6.64. The van der Waals surface area contributed by atoms with E-state index < -0.39 is 0 Å². The van der Waals surface area contributed by atoms with Gasteiger partial charge in [-0.1, -0.05) is 25.1 Å². The van der Waals surface area contributed by atoms with E-state index in [0.717, 1.165) is 19.6 Å². The van der Waals surface area contributed by atoms with Gasteiger partial charge in [-0.25, -0.2) is 0 Å². The summed E-state index contributed by atoms with van der Waals surface area (Å²) in [7, 11) is 0. The number of hydrogen-bond acceptors (Lipinski definition) is 2. The quantitative estimate of drug-likeness (QED) is 0.780. The molecule has 0 radical (unpaired) electrons. The Hall–Kier alpha value is -1.15. The Morgan fingerprint density at radius 1 is 1.29 bits per heavy atom. The smallest absolute Gasteiger partial charge is 0.138 e. The fourth-order valence-electron chi connectivity index (χ4n) is 2.40. The van der Waals surface area contributed by atoms with Crippen molar-refractivity contribution in [1.82, 2.24) is 4.90 Å². The highest BCUT2D eigenvalue weighted by atomic mass is 16.1. The minimum Gasteiger partial charge on any atom is -0.299 e. The zero-order valence-corrected chi connectivity index (χ0v) is 11.0. The first-order valence-electron chi connectivity index (χ1n) is 6.37. The van der Waals surface area contributed by atoms with Gasteiger partial charge < -0.3 is 0 Å². The van der Waals surface area contributed by atoms with Gasteiger partial charge in [-0.05, 0) is 30.5 Å². The van der Waals surface area contributed by atoms with Crippen LogP contribution in [-0.4, -0.2) is 23.8 Å². The molecule has 1 heterocycles. The lowest BCUT2D eigenvalue weighted by Crippen LogP contribution is -2.39. The molecule has 0 amide bonds. The number of likely N-dealkylation sites (tertiary alicyclic amines) is 1. The van der Waals surface area contributed by atoms with Crippen molar-refractivity contribution in [2.24, 2.45) is 5.92 Å². The van der Waals surface area contributed by atoms with E-state index in [1.807, 2.05) is 6.92 Å². The number of nitrogens with zero attached hydrogens (tertiary/aromatic N) is 1. The normalized spacial score (nSPS) is 21.8. The summed E-state index contributed by atoms with van der Waals surface area (Å²) in [6.45, 7) is 9.12. The predicted octanol–water partition coefficient (Wildman–Crippen LogP) is 2.71. The molecule has 0 spiro atoms.